The lowest BCUT2D eigenvalue weighted by Crippen LogP contribution is -2.43. The molecule has 2 amide bonds. The maximum atomic E-state index is 13.0. The zero-order chi connectivity index (χ0) is 20.0. The van der Waals surface area contributed by atoms with E-state index in [0.29, 0.717) is 18.7 Å². The number of carbonyl (C=O) groups excluding carboxylic acids is 2. The summed E-state index contributed by atoms with van der Waals surface area (Å²) in [7, 11) is -1.51. The van der Waals surface area contributed by atoms with Gasteiger partial charge in [0.15, 0.2) is 9.84 Å². The van der Waals surface area contributed by atoms with Crippen molar-refractivity contribution in [3.63, 3.8) is 0 Å². The van der Waals surface area contributed by atoms with E-state index in [-0.39, 0.29) is 35.8 Å². The van der Waals surface area contributed by atoms with Gasteiger partial charge in [0.05, 0.1) is 31.1 Å². The third-order valence-corrected chi connectivity index (χ3v) is 6.46. The fourth-order valence-corrected chi connectivity index (χ4v) is 5.13. The molecular formula is C19H28N2O5S. The van der Waals surface area contributed by atoms with Gasteiger partial charge in [0.1, 0.15) is 5.75 Å². The molecule has 7 nitrogen and oxygen atoms in total. The number of nitrogens with zero attached hydrogens (tertiary/aromatic N) is 1. The summed E-state index contributed by atoms with van der Waals surface area (Å²) in [4.78, 5) is 26.3. The average molecular weight is 397 g/mol. The molecule has 2 atom stereocenters. The van der Waals surface area contributed by atoms with E-state index in [2.05, 4.69) is 5.32 Å². The molecule has 0 bridgehead atoms. The molecule has 0 saturated carbocycles. The van der Waals surface area contributed by atoms with Gasteiger partial charge in [0.2, 0.25) is 11.8 Å². The second-order valence-electron chi connectivity index (χ2n) is 6.87. The fourth-order valence-electron chi connectivity index (χ4n) is 3.40. The molecule has 1 fully saturated rings. The Hall–Kier alpha value is -2.09. The first-order chi connectivity index (χ1) is 12.8. The highest BCUT2D eigenvalue weighted by Crippen LogP contribution is 2.24. The summed E-state index contributed by atoms with van der Waals surface area (Å²) in [5.41, 5.74) is 0.801. The van der Waals surface area contributed by atoms with Gasteiger partial charge in [-0.25, -0.2) is 8.42 Å². The predicted molar refractivity (Wildman–Crippen MR) is 103 cm³/mol. The lowest BCUT2D eigenvalue weighted by atomic mass is 10.0. The summed E-state index contributed by atoms with van der Waals surface area (Å²) in [6.45, 7) is 3.88. The quantitative estimate of drug-likeness (QED) is 0.722. The van der Waals surface area contributed by atoms with E-state index >= 15 is 0 Å². The molecule has 2 unspecified atom stereocenters. The fraction of sp³-hybridized carbons (Fsp3) is 0.579. The molecule has 150 valence electrons. The van der Waals surface area contributed by atoms with Gasteiger partial charge in [-0.3, -0.25) is 9.59 Å². The number of carbonyl (C=O) groups is 2. The van der Waals surface area contributed by atoms with Crippen LogP contribution in [0.4, 0.5) is 0 Å². The zero-order valence-corrected chi connectivity index (χ0v) is 16.9. The highest BCUT2D eigenvalue weighted by atomic mass is 32.2. The van der Waals surface area contributed by atoms with Crippen LogP contribution in [0.25, 0.3) is 0 Å². The van der Waals surface area contributed by atoms with Crippen molar-refractivity contribution in [1.29, 1.82) is 0 Å². The first kappa shape index (κ1) is 21.2. The maximum absolute atomic E-state index is 13.0. The van der Waals surface area contributed by atoms with Crippen molar-refractivity contribution in [2.24, 2.45) is 0 Å². The predicted octanol–water partition coefficient (Wildman–Crippen LogP) is 1.69. The number of hydrogen-bond acceptors (Lipinski definition) is 5. The molecule has 1 heterocycles. The lowest BCUT2D eigenvalue weighted by molar-refractivity contribution is -0.134. The van der Waals surface area contributed by atoms with Crippen LogP contribution < -0.4 is 10.1 Å². The number of methoxy groups -OCH3 is 1. The number of benzene rings is 1. The van der Waals surface area contributed by atoms with Crippen LogP contribution in [0.15, 0.2) is 24.3 Å². The number of sulfone groups is 1. The molecule has 0 aliphatic carbocycles. The van der Waals surface area contributed by atoms with E-state index in [1.807, 2.05) is 19.1 Å². The first-order valence-corrected chi connectivity index (χ1v) is 11.0. The van der Waals surface area contributed by atoms with Gasteiger partial charge in [-0.1, -0.05) is 19.1 Å². The third kappa shape index (κ3) is 5.95. The second-order valence-corrected chi connectivity index (χ2v) is 9.10. The van der Waals surface area contributed by atoms with Crippen molar-refractivity contribution < 1.29 is 22.7 Å². The third-order valence-electron chi connectivity index (χ3n) is 4.71. The Balaban J connectivity index is 2.17. The van der Waals surface area contributed by atoms with Crippen LogP contribution in [0.3, 0.4) is 0 Å². The Bertz CT molecular complexity index is 761. The Morgan fingerprint density at radius 2 is 1.96 bits per heavy atom. The Morgan fingerprint density at radius 1 is 1.30 bits per heavy atom. The molecule has 1 aromatic carbocycles. The van der Waals surface area contributed by atoms with E-state index in [9.17, 15) is 18.0 Å². The van der Waals surface area contributed by atoms with Crippen LogP contribution in [0.1, 0.15) is 44.7 Å². The minimum absolute atomic E-state index is 0.0199. The molecule has 1 N–H and O–H groups in total. The zero-order valence-electron chi connectivity index (χ0n) is 16.1. The van der Waals surface area contributed by atoms with Crippen molar-refractivity contribution in [1.82, 2.24) is 10.2 Å². The van der Waals surface area contributed by atoms with E-state index in [1.54, 1.807) is 24.1 Å². The molecule has 0 radical (unpaired) electrons. The molecule has 1 saturated heterocycles. The van der Waals surface area contributed by atoms with E-state index in [0.717, 1.165) is 12.0 Å². The summed E-state index contributed by atoms with van der Waals surface area (Å²) in [5.74, 6) is 0.461. The van der Waals surface area contributed by atoms with Gasteiger partial charge in [-0.2, -0.15) is 0 Å². The smallest absolute Gasteiger partial charge is 0.225 e. The topological polar surface area (TPSA) is 92.8 Å². The summed E-state index contributed by atoms with van der Waals surface area (Å²) in [6, 6.07) is 6.44. The summed E-state index contributed by atoms with van der Waals surface area (Å²) >= 11 is 0. The minimum atomic E-state index is -3.08. The van der Waals surface area contributed by atoms with Crippen molar-refractivity contribution in [2.45, 2.75) is 45.2 Å². The van der Waals surface area contributed by atoms with Crippen molar-refractivity contribution in [3.8, 4) is 5.75 Å². The number of hydrogen-bond donors (Lipinski definition) is 1. The molecule has 27 heavy (non-hydrogen) atoms. The molecule has 0 spiro atoms. The normalized spacial score (nSPS) is 19.3. The van der Waals surface area contributed by atoms with Crippen LogP contribution in [-0.2, 0) is 19.4 Å². The Morgan fingerprint density at radius 3 is 2.44 bits per heavy atom. The highest BCUT2D eigenvalue weighted by Gasteiger charge is 2.35. The highest BCUT2D eigenvalue weighted by molar-refractivity contribution is 7.91. The van der Waals surface area contributed by atoms with Crippen LogP contribution in [-0.4, -0.2) is 56.3 Å². The van der Waals surface area contributed by atoms with Gasteiger partial charge in [0, 0.05) is 19.5 Å². The molecule has 1 aliphatic rings. The van der Waals surface area contributed by atoms with Gasteiger partial charge >= 0.3 is 0 Å². The lowest BCUT2D eigenvalue weighted by Gasteiger charge is -2.30. The van der Waals surface area contributed by atoms with Gasteiger partial charge < -0.3 is 15.0 Å². The average Bonchev–Trinajstić information content (AvgIpc) is 2.98. The van der Waals surface area contributed by atoms with E-state index in [1.165, 1.54) is 6.92 Å². The van der Waals surface area contributed by atoms with Gasteiger partial charge in [-0.05, 0) is 30.5 Å². The van der Waals surface area contributed by atoms with E-state index < -0.39 is 15.9 Å². The molecule has 0 aromatic heterocycles. The van der Waals surface area contributed by atoms with Crippen molar-refractivity contribution >= 4 is 21.7 Å². The molecule has 1 aliphatic heterocycles. The van der Waals surface area contributed by atoms with Crippen molar-refractivity contribution in [2.75, 3.05) is 25.2 Å². The standard InChI is InChI=1S/C19H28N2O5S/c1-4-10-21(16-9-11-27(24,25)13-16)19(23)12-18(20-14(2)22)15-5-7-17(26-3)8-6-15/h5-8,16,18H,4,9-13H2,1-3H3,(H,20,22). The maximum Gasteiger partial charge on any atom is 0.225 e. The van der Waals surface area contributed by atoms with Crippen molar-refractivity contribution in [3.05, 3.63) is 29.8 Å². The van der Waals surface area contributed by atoms with Crippen LogP contribution in [0.5, 0.6) is 5.75 Å². The molecule has 2 rings (SSSR count). The summed E-state index contributed by atoms with van der Waals surface area (Å²) < 4.78 is 28.8. The Kier molecular flexibility index (Phi) is 7.24. The second kappa shape index (κ2) is 9.21. The molecule has 8 heteroatoms. The summed E-state index contributed by atoms with van der Waals surface area (Å²) in [6.07, 6.45) is 1.31. The van der Waals surface area contributed by atoms with Gasteiger partial charge in [-0.15, -0.1) is 0 Å². The number of nitrogens with one attached hydrogen (secondary N) is 1. The monoisotopic (exact) mass is 396 g/mol. The van der Waals surface area contributed by atoms with Crippen LogP contribution >= 0.6 is 0 Å². The van der Waals surface area contributed by atoms with E-state index in [4.69, 9.17) is 4.74 Å². The molecular weight excluding hydrogens is 368 g/mol. The molecule has 1 aromatic rings. The number of rotatable bonds is 8. The van der Waals surface area contributed by atoms with Crippen LogP contribution in [0.2, 0.25) is 0 Å². The largest absolute Gasteiger partial charge is 0.497 e. The first-order valence-electron chi connectivity index (χ1n) is 9.16. The minimum Gasteiger partial charge on any atom is -0.497 e. The Labute approximate surface area is 161 Å². The van der Waals surface area contributed by atoms with Crippen LogP contribution in [0, 0.1) is 0 Å². The SMILES string of the molecule is CCCN(C(=O)CC(NC(C)=O)c1ccc(OC)cc1)C1CCS(=O)(=O)C1. The number of amides is 2. The summed E-state index contributed by atoms with van der Waals surface area (Å²) in [5, 5.41) is 2.82. The van der Waals surface area contributed by atoms with Gasteiger partial charge in [0.25, 0.3) is 0 Å². The number of ether oxygens (including phenoxy) is 1.